The quantitative estimate of drug-likeness (QED) is 0.844. The molecule has 3 nitrogen and oxygen atoms in total. The lowest BCUT2D eigenvalue weighted by Gasteiger charge is -2.13. The number of carboxylic acids is 1. The van der Waals surface area contributed by atoms with E-state index < -0.39 is 34.3 Å². The number of carbonyl (C=O) groups is 1. The predicted molar refractivity (Wildman–Crippen MR) is 45.8 cm³/mol. The van der Waals surface area contributed by atoms with Gasteiger partial charge in [-0.1, -0.05) is 11.6 Å². The minimum Gasteiger partial charge on any atom is -0.476 e. The molecule has 0 spiro atoms. The maximum absolute atomic E-state index is 12.9. The Balaban J connectivity index is 3.29. The topological polar surface area (TPSA) is 50.2 Å². The van der Waals surface area contributed by atoms with Crippen LogP contribution in [0, 0.1) is 0 Å². The fourth-order valence-electron chi connectivity index (χ4n) is 0.925. The molecular weight excluding hydrogens is 273 g/mol. The molecule has 94 valence electrons. The van der Waals surface area contributed by atoms with E-state index in [1.165, 1.54) is 0 Å². The smallest absolute Gasteiger partial charge is 0.417 e. The van der Waals surface area contributed by atoms with E-state index in [1.807, 2.05) is 0 Å². The van der Waals surface area contributed by atoms with Crippen molar-refractivity contribution in [3.05, 3.63) is 28.5 Å². The number of aromatic nitrogens is 1. The zero-order chi connectivity index (χ0) is 13.4. The van der Waals surface area contributed by atoms with E-state index in [1.54, 1.807) is 0 Å². The molecule has 0 fully saturated rings. The van der Waals surface area contributed by atoms with Crippen molar-refractivity contribution in [2.24, 2.45) is 0 Å². The maximum Gasteiger partial charge on any atom is 0.417 e. The third-order valence-electron chi connectivity index (χ3n) is 1.73. The van der Waals surface area contributed by atoms with Gasteiger partial charge in [-0.05, 0) is 6.07 Å². The van der Waals surface area contributed by atoms with Gasteiger partial charge in [-0.2, -0.15) is 22.0 Å². The minimum atomic E-state index is -4.80. The number of carboxylic acid groups (broad SMARTS) is 1. The van der Waals surface area contributed by atoms with Gasteiger partial charge in [-0.15, -0.1) is 0 Å². The Bertz CT molecular complexity index is 460. The average Bonchev–Trinajstić information content (AvgIpc) is 2.15. The van der Waals surface area contributed by atoms with Crippen LogP contribution in [0.15, 0.2) is 12.3 Å². The summed E-state index contributed by atoms with van der Waals surface area (Å²) in [5, 5.41) is 7.11. The van der Waals surface area contributed by atoms with Gasteiger partial charge in [-0.25, -0.2) is 4.79 Å². The van der Waals surface area contributed by atoms with Crippen molar-refractivity contribution in [1.82, 2.24) is 4.98 Å². The average molecular weight is 276 g/mol. The van der Waals surface area contributed by atoms with E-state index in [4.69, 9.17) is 16.7 Å². The van der Waals surface area contributed by atoms with Gasteiger partial charge in [0.2, 0.25) is 0 Å². The molecular formula is C8H3ClF5NO2. The van der Waals surface area contributed by atoms with Gasteiger partial charge in [0.1, 0.15) is 5.69 Å². The molecule has 0 bridgehead atoms. The van der Waals surface area contributed by atoms with Crippen LogP contribution in [-0.4, -0.2) is 16.1 Å². The second-order valence-corrected chi connectivity index (χ2v) is 3.34. The summed E-state index contributed by atoms with van der Waals surface area (Å²) >= 11 is 5.16. The largest absolute Gasteiger partial charge is 0.476 e. The second kappa shape index (κ2) is 4.10. The van der Waals surface area contributed by atoms with Crippen molar-refractivity contribution < 1.29 is 31.9 Å². The Kier molecular flexibility index (Phi) is 3.28. The van der Waals surface area contributed by atoms with Gasteiger partial charge in [0.15, 0.2) is 0 Å². The SMILES string of the molecule is O=C(O)C(F)(F)c1ncc(C(F)(F)F)cc1Cl. The van der Waals surface area contributed by atoms with Gasteiger partial charge in [0.05, 0.1) is 10.6 Å². The zero-order valence-corrected chi connectivity index (χ0v) is 8.48. The Morgan fingerprint density at radius 1 is 1.29 bits per heavy atom. The van der Waals surface area contributed by atoms with Crippen LogP contribution >= 0.6 is 11.6 Å². The molecule has 0 aliphatic carbocycles. The summed E-state index contributed by atoms with van der Waals surface area (Å²) in [4.78, 5) is 12.9. The first-order valence-electron chi connectivity index (χ1n) is 3.91. The number of pyridine rings is 1. The molecule has 0 aliphatic heterocycles. The van der Waals surface area contributed by atoms with Crippen LogP contribution in [0.4, 0.5) is 22.0 Å². The molecule has 0 unspecified atom stereocenters. The number of alkyl halides is 5. The summed E-state index contributed by atoms with van der Waals surface area (Å²) in [6.07, 6.45) is -4.70. The molecule has 0 saturated heterocycles. The molecule has 0 amide bonds. The van der Waals surface area contributed by atoms with Crippen LogP contribution in [0.2, 0.25) is 5.02 Å². The van der Waals surface area contributed by atoms with E-state index in [2.05, 4.69) is 4.98 Å². The highest BCUT2D eigenvalue weighted by molar-refractivity contribution is 6.31. The summed E-state index contributed by atoms with van der Waals surface area (Å²) in [6, 6.07) is 0.195. The van der Waals surface area contributed by atoms with Crippen molar-refractivity contribution >= 4 is 17.6 Å². The summed E-state index contributed by atoms with van der Waals surface area (Å²) < 4.78 is 62.3. The van der Waals surface area contributed by atoms with Crippen molar-refractivity contribution in [1.29, 1.82) is 0 Å². The fraction of sp³-hybridized carbons (Fsp3) is 0.250. The number of rotatable bonds is 2. The highest BCUT2D eigenvalue weighted by atomic mass is 35.5. The monoisotopic (exact) mass is 275 g/mol. The molecule has 1 heterocycles. The predicted octanol–water partition coefficient (Wildman–Crippen LogP) is 2.93. The summed E-state index contributed by atoms with van der Waals surface area (Å²) in [6.45, 7) is 0. The first-order valence-corrected chi connectivity index (χ1v) is 4.29. The second-order valence-electron chi connectivity index (χ2n) is 2.93. The van der Waals surface area contributed by atoms with Gasteiger partial charge in [0.25, 0.3) is 0 Å². The Morgan fingerprint density at radius 3 is 2.18 bits per heavy atom. The highest BCUT2D eigenvalue weighted by Crippen LogP contribution is 2.36. The Hall–Kier alpha value is -1.44. The van der Waals surface area contributed by atoms with Crippen molar-refractivity contribution in [3.8, 4) is 0 Å². The van der Waals surface area contributed by atoms with Gasteiger partial charge in [0, 0.05) is 6.20 Å². The minimum absolute atomic E-state index is 0.0953. The molecule has 0 radical (unpaired) electrons. The molecule has 1 N–H and O–H groups in total. The van der Waals surface area contributed by atoms with Crippen LogP contribution in [0.5, 0.6) is 0 Å². The van der Waals surface area contributed by atoms with E-state index in [9.17, 15) is 26.7 Å². The van der Waals surface area contributed by atoms with Crippen LogP contribution in [0.1, 0.15) is 11.3 Å². The summed E-state index contributed by atoms with van der Waals surface area (Å²) in [5.74, 6) is -6.99. The Labute approximate surface area is 95.8 Å². The van der Waals surface area contributed by atoms with Crippen LogP contribution in [0.3, 0.4) is 0 Å². The Morgan fingerprint density at radius 2 is 1.82 bits per heavy atom. The molecule has 0 aromatic carbocycles. The third-order valence-corrected chi connectivity index (χ3v) is 2.02. The lowest BCUT2D eigenvalue weighted by atomic mass is 10.2. The zero-order valence-electron chi connectivity index (χ0n) is 7.73. The molecule has 0 aliphatic rings. The van der Waals surface area contributed by atoms with E-state index in [0.29, 0.717) is 0 Å². The van der Waals surface area contributed by atoms with Gasteiger partial charge >= 0.3 is 18.1 Å². The molecule has 0 saturated carbocycles. The van der Waals surface area contributed by atoms with E-state index >= 15 is 0 Å². The molecule has 1 aromatic heterocycles. The van der Waals surface area contributed by atoms with E-state index in [-0.39, 0.29) is 12.3 Å². The van der Waals surface area contributed by atoms with Crippen LogP contribution in [0.25, 0.3) is 0 Å². The molecule has 0 atom stereocenters. The van der Waals surface area contributed by atoms with Gasteiger partial charge < -0.3 is 5.11 Å². The normalized spacial score (nSPS) is 12.6. The molecule has 9 heteroatoms. The van der Waals surface area contributed by atoms with Crippen molar-refractivity contribution in [2.75, 3.05) is 0 Å². The number of halogens is 6. The lowest BCUT2D eigenvalue weighted by Crippen LogP contribution is -2.27. The first-order chi connectivity index (χ1) is 7.56. The van der Waals surface area contributed by atoms with Crippen LogP contribution < -0.4 is 0 Å². The molecule has 1 rings (SSSR count). The molecule has 1 aromatic rings. The van der Waals surface area contributed by atoms with Crippen LogP contribution in [-0.2, 0) is 16.9 Å². The van der Waals surface area contributed by atoms with E-state index in [0.717, 1.165) is 0 Å². The third kappa shape index (κ3) is 2.63. The summed E-state index contributed by atoms with van der Waals surface area (Å²) in [5.41, 5.74) is -2.77. The number of hydrogen-bond acceptors (Lipinski definition) is 2. The standard InChI is InChI=1S/C8H3ClF5NO2/c9-4-1-3(8(12,13)14)2-15-5(4)7(10,11)6(16)17/h1-2H,(H,16,17). The molecule has 17 heavy (non-hydrogen) atoms. The highest BCUT2D eigenvalue weighted by Gasteiger charge is 2.45. The maximum atomic E-state index is 12.9. The lowest BCUT2D eigenvalue weighted by molar-refractivity contribution is -0.166. The number of nitrogens with zero attached hydrogens (tertiary/aromatic N) is 1. The fourth-order valence-corrected chi connectivity index (χ4v) is 1.21. The first kappa shape index (κ1) is 13.6. The number of hydrogen-bond donors (Lipinski definition) is 1. The van der Waals surface area contributed by atoms with Crippen molar-refractivity contribution in [2.45, 2.75) is 12.1 Å². The van der Waals surface area contributed by atoms with Gasteiger partial charge in [-0.3, -0.25) is 4.98 Å². The summed E-state index contributed by atoms with van der Waals surface area (Å²) in [7, 11) is 0. The number of aliphatic carboxylic acids is 1. The van der Waals surface area contributed by atoms with Crippen molar-refractivity contribution in [3.63, 3.8) is 0 Å².